The van der Waals surface area contributed by atoms with Gasteiger partial charge in [0.05, 0.1) is 11.3 Å². The van der Waals surface area contributed by atoms with Crippen LogP contribution in [0.3, 0.4) is 0 Å². The van der Waals surface area contributed by atoms with Crippen LogP contribution in [0.15, 0.2) is 23.1 Å². The van der Waals surface area contributed by atoms with E-state index in [1.807, 2.05) is 0 Å². The Kier molecular flexibility index (Phi) is 4.53. The van der Waals surface area contributed by atoms with Gasteiger partial charge in [-0.2, -0.15) is 0 Å². The lowest BCUT2D eigenvalue weighted by Gasteiger charge is -2.16. The maximum Gasteiger partial charge on any atom is 0.335 e. The lowest BCUT2D eigenvalue weighted by molar-refractivity contribution is 0.0697. The fourth-order valence-corrected chi connectivity index (χ4v) is 3.95. The van der Waals surface area contributed by atoms with Gasteiger partial charge in [0.1, 0.15) is 4.90 Å². The van der Waals surface area contributed by atoms with Crippen LogP contribution in [0.25, 0.3) is 0 Å². The van der Waals surface area contributed by atoms with Crippen LogP contribution in [0.5, 0.6) is 0 Å². The predicted molar refractivity (Wildman–Crippen MR) is 79.5 cm³/mol. The van der Waals surface area contributed by atoms with Gasteiger partial charge in [0.2, 0.25) is 10.0 Å². The van der Waals surface area contributed by atoms with Crippen molar-refractivity contribution in [2.45, 2.75) is 31.1 Å². The standard InChI is InChI=1S/C14H20N2O4S/c1-9-3-2-4-11(9)8-16-21(19,20)13-6-5-10(14(17)18)7-12(13)15/h5-7,9,11,16H,2-4,8,15H2,1H3,(H,17,18). The minimum atomic E-state index is -3.71. The van der Waals surface area contributed by atoms with Crippen LogP contribution in [-0.2, 0) is 10.0 Å². The van der Waals surface area contributed by atoms with Crippen molar-refractivity contribution in [1.29, 1.82) is 0 Å². The molecular weight excluding hydrogens is 292 g/mol. The Labute approximate surface area is 124 Å². The Morgan fingerprint density at radius 1 is 1.43 bits per heavy atom. The summed E-state index contributed by atoms with van der Waals surface area (Å²) in [6, 6.07) is 3.64. The number of hydrogen-bond donors (Lipinski definition) is 3. The molecule has 0 spiro atoms. The highest BCUT2D eigenvalue weighted by atomic mass is 32.2. The number of hydrogen-bond acceptors (Lipinski definition) is 4. The van der Waals surface area contributed by atoms with E-state index in [-0.39, 0.29) is 16.1 Å². The van der Waals surface area contributed by atoms with Crippen LogP contribution < -0.4 is 10.5 Å². The Balaban J connectivity index is 2.14. The first kappa shape index (κ1) is 15.8. The molecule has 1 aromatic rings. The van der Waals surface area contributed by atoms with Crippen molar-refractivity contribution < 1.29 is 18.3 Å². The number of sulfonamides is 1. The highest BCUT2D eigenvalue weighted by molar-refractivity contribution is 7.89. The Morgan fingerprint density at radius 3 is 2.67 bits per heavy atom. The zero-order valence-electron chi connectivity index (χ0n) is 11.9. The molecule has 0 heterocycles. The molecule has 2 rings (SSSR count). The van der Waals surface area contributed by atoms with Gasteiger partial charge in [-0.15, -0.1) is 0 Å². The van der Waals surface area contributed by atoms with Gasteiger partial charge in [-0.1, -0.05) is 19.8 Å². The minimum absolute atomic E-state index is 0.0316. The minimum Gasteiger partial charge on any atom is -0.478 e. The lowest BCUT2D eigenvalue weighted by Crippen LogP contribution is -2.30. The molecule has 1 saturated carbocycles. The number of carboxylic acids is 1. The average molecular weight is 312 g/mol. The molecule has 0 saturated heterocycles. The van der Waals surface area contributed by atoms with E-state index in [0.29, 0.717) is 18.4 Å². The molecule has 7 heteroatoms. The molecule has 0 radical (unpaired) electrons. The number of anilines is 1. The summed E-state index contributed by atoms with van der Waals surface area (Å²) in [7, 11) is -3.71. The molecule has 1 aliphatic carbocycles. The van der Waals surface area contributed by atoms with E-state index in [9.17, 15) is 13.2 Å². The number of carboxylic acid groups (broad SMARTS) is 1. The van der Waals surface area contributed by atoms with Gasteiger partial charge in [0, 0.05) is 6.54 Å². The van der Waals surface area contributed by atoms with E-state index in [1.54, 1.807) is 0 Å². The third-order valence-electron chi connectivity index (χ3n) is 4.12. The molecule has 0 bridgehead atoms. The second-order valence-corrected chi connectivity index (χ2v) is 7.31. The Hall–Kier alpha value is -1.60. The van der Waals surface area contributed by atoms with Crippen molar-refractivity contribution in [2.24, 2.45) is 11.8 Å². The molecule has 0 amide bonds. The first-order valence-corrected chi connectivity index (χ1v) is 8.42. The number of nitrogens with one attached hydrogen (secondary N) is 1. The van der Waals surface area contributed by atoms with Gasteiger partial charge in [-0.05, 0) is 36.5 Å². The molecule has 2 atom stereocenters. The van der Waals surface area contributed by atoms with Crippen molar-refractivity contribution in [1.82, 2.24) is 4.72 Å². The predicted octanol–water partition coefficient (Wildman–Crippen LogP) is 1.68. The fourth-order valence-electron chi connectivity index (χ4n) is 2.75. The summed E-state index contributed by atoms with van der Waals surface area (Å²) in [6.45, 7) is 2.52. The summed E-state index contributed by atoms with van der Waals surface area (Å²) >= 11 is 0. The first-order chi connectivity index (χ1) is 9.81. The maximum absolute atomic E-state index is 12.3. The molecule has 0 aliphatic heterocycles. The monoisotopic (exact) mass is 312 g/mol. The number of benzene rings is 1. The molecule has 1 aromatic carbocycles. The van der Waals surface area contributed by atoms with E-state index >= 15 is 0 Å². The van der Waals surface area contributed by atoms with Gasteiger partial charge < -0.3 is 10.8 Å². The molecule has 1 fully saturated rings. The van der Waals surface area contributed by atoms with E-state index in [1.165, 1.54) is 12.1 Å². The van der Waals surface area contributed by atoms with Crippen LogP contribution in [0.2, 0.25) is 0 Å². The largest absolute Gasteiger partial charge is 0.478 e. The quantitative estimate of drug-likeness (QED) is 0.717. The van der Waals surface area contributed by atoms with Crippen molar-refractivity contribution >= 4 is 21.7 Å². The van der Waals surface area contributed by atoms with Gasteiger partial charge in [0.15, 0.2) is 0 Å². The first-order valence-electron chi connectivity index (χ1n) is 6.94. The van der Waals surface area contributed by atoms with Crippen LogP contribution in [0.1, 0.15) is 36.5 Å². The van der Waals surface area contributed by atoms with Crippen molar-refractivity contribution in [2.75, 3.05) is 12.3 Å². The molecule has 21 heavy (non-hydrogen) atoms. The van der Waals surface area contributed by atoms with E-state index < -0.39 is 16.0 Å². The molecule has 116 valence electrons. The van der Waals surface area contributed by atoms with E-state index in [0.717, 1.165) is 25.3 Å². The second-order valence-electron chi connectivity index (χ2n) is 5.58. The SMILES string of the molecule is CC1CCCC1CNS(=O)(=O)c1ccc(C(=O)O)cc1N. The molecule has 2 unspecified atom stereocenters. The van der Waals surface area contributed by atoms with Gasteiger partial charge in [-0.3, -0.25) is 0 Å². The summed E-state index contributed by atoms with van der Waals surface area (Å²) in [5, 5.41) is 8.86. The summed E-state index contributed by atoms with van der Waals surface area (Å²) in [4.78, 5) is 10.8. The summed E-state index contributed by atoms with van der Waals surface area (Å²) in [6.07, 6.45) is 3.28. The molecule has 1 aliphatic rings. The third-order valence-corrected chi connectivity index (χ3v) is 5.62. The van der Waals surface area contributed by atoms with Crippen LogP contribution in [0, 0.1) is 11.8 Å². The topological polar surface area (TPSA) is 109 Å². The number of nitrogen functional groups attached to an aromatic ring is 1. The fraction of sp³-hybridized carbons (Fsp3) is 0.500. The van der Waals surface area contributed by atoms with Crippen molar-refractivity contribution in [3.63, 3.8) is 0 Å². The number of aromatic carboxylic acids is 1. The number of rotatable bonds is 5. The average Bonchev–Trinajstić information content (AvgIpc) is 2.81. The Morgan fingerprint density at radius 2 is 2.14 bits per heavy atom. The van der Waals surface area contributed by atoms with Crippen LogP contribution in [-0.4, -0.2) is 26.0 Å². The number of nitrogens with two attached hydrogens (primary N) is 1. The molecule has 0 aromatic heterocycles. The highest BCUT2D eigenvalue weighted by Crippen LogP contribution is 2.31. The second kappa shape index (κ2) is 6.03. The maximum atomic E-state index is 12.3. The smallest absolute Gasteiger partial charge is 0.335 e. The van der Waals surface area contributed by atoms with Crippen LogP contribution in [0.4, 0.5) is 5.69 Å². The zero-order valence-corrected chi connectivity index (χ0v) is 12.7. The van der Waals surface area contributed by atoms with Gasteiger partial charge in [-0.25, -0.2) is 17.9 Å². The van der Waals surface area contributed by atoms with Crippen molar-refractivity contribution in [3.8, 4) is 0 Å². The van der Waals surface area contributed by atoms with Crippen molar-refractivity contribution in [3.05, 3.63) is 23.8 Å². The molecular formula is C14H20N2O4S. The van der Waals surface area contributed by atoms with E-state index in [4.69, 9.17) is 10.8 Å². The zero-order chi connectivity index (χ0) is 15.6. The third kappa shape index (κ3) is 3.54. The molecule has 6 nitrogen and oxygen atoms in total. The highest BCUT2D eigenvalue weighted by Gasteiger charge is 2.26. The van der Waals surface area contributed by atoms with E-state index in [2.05, 4.69) is 11.6 Å². The van der Waals surface area contributed by atoms with Crippen LogP contribution >= 0.6 is 0 Å². The molecule has 4 N–H and O–H groups in total. The van der Waals surface area contributed by atoms with Gasteiger partial charge in [0.25, 0.3) is 0 Å². The normalized spacial score (nSPS) is 22.3. The number of carbonyl (C=O) groups is 1. The lowest BCUT2D eigenvalue weighted by atomic mass is 9.99. The van der Waals surface area contributed by atoms with Gasteiger partial charge >= 0.3 is 5.97 Å². The summed E-state index contributed by atoms with van der Waals surface area (Å²) in [5.74, 6) is -0.280. The summed E-state index contributed by atoms with van der Waals surface area (Å²) in [5.41, 5.74) is 5.59. The Bertz CT molecular complexity index is 642. The summed E-state index contributed by atoms with van der Waals surface area (Å²) < 4.78 is 27.1.